The van der Waals surface area contributed by atoms with Crippen molar-refractivity contribution in [1.29, 1.82) is 0 Å². The molecule has 0 aliphatic rings. The number of non-ortho nitro benzene ring substituents is 1. The molecule has 0 spiro atoms. The smallest absolute Gasteiger partial charge is 0.269 e. The zero-order valence-corrected chi connectivity index (χ0v) is 11.6. The van der Waals surface area contributed by atoms with Crippen LogP contribution in [0, 0.1) is 10.1 Å². The minimum atomic E-state index is -0.461. The minimum Gasteiger partial charge on any atom is -0.331 e. The van der Waals surface area contributed by atoms with Crippen LogP contribution in [0.15, 0.2) is 53.8 Å². The molecule has 0 aliphatic heterocycles. The lowest BCUT2D eigenvalue weighted by Crippen LogP contribution is -2.23. The van der Waals surface area contributed by atoms with Crippen molar-refractivity contribution in [3.8, 4) is 0 Å². The van der Waals surface area contributed by atoms with Gasteiger partial charge in [-0.05, 0) is 36.5 Å². The zero-order valence-electron chi connectivity index (χ0n) is 10.8. The molecule has 1 aromatic heterocycles. The monoisotopic (exact) mass is 301 g/mol. The number of nitrogens with one attached hydrogen (secondary N) is 2. The Balaban J connectivity index is 1.87. The number of nitrogens with zero attached hydrogens (tertiary/aromatic N) is 3. The molecule has 0 atom stereocenters. The van der Waals surface area contributed by atoms with Gasteiger partial charge in [-0.2, -0.15) is 5.10 Å². The fourth-order valence-corrected chi connectivity index (χ4v) is 1.61. The summed E-state index contributed by atoms with van der Waals surface area (Å²) in [5.41, 5.74) is 3.98. The predicted molar refractivity (Wildman–Crippen MR) is 84.3 cm³/mol. The summed E-state index contributed by atoms with van der Waals surface area (Å²) in [6, 6.07) is 11.4. The Labute approximate surface area is 125 Å². The van der Waals surface area contributed by atoms with Crippen LogP contribution in [0.3, 0.4) is 0 Å². The summed E-state index contributed by atoms with van der Waals surface area (Å²) in [5.74, 6) is 0. The van der Waals surface area contributed by atoms with Gasteiger partial charge in [0.25, 0.3) is 5.69 Å². The van der Waals surface area contributed by atoms with Crippen LogP contribution in [0.5, 0.6) is 0 Å². The third-order valence-electron chi connectivity index (χ3n) is 2.39. The van der Waals surface area contributed by atoms with E-state index < -0.39 is 4.92 Å². The third-order valence-corrected chi connectivity index (χ3v) is 2.58. The molecule has 2 rings (SSSR count). The Morgan fingerprint density at radius 3 is 2.67 bits per heavy atom. The van der Waals surface area contributed by atoms with E-state index in [0.717, 1.165) is 0 Å². The van der Waals surface area contributed by atoms with Crippen molar-refractivity contribution in [2.75, 3.05) is 5.32 Å². The highest BCUT2D eigenvalue weighted by Crippen LogP contribution is 2.15. The van der Waals surface area contributed by atoms with Gasteiger partial charge in [-0.3, -0.25) is 20.5 Å². The lowest BCUT2D eigenvalue weighted by atomic mass is 10.3. The van der Waals surface area contributed by atoms with Gasteiger partial charge in [0, 0.05) is 24.0 Å². The average molecular weight is 301 g/mol. The Hall–Kier alpha value is -2.87. The summed E-state index contributed by atoms with van der Waals surface area (Å²) in [4.78, 5) is 14.1. The molecule has 0 radical (unpaired) electrons. The van der Waals surface area contributed by atoms with E-state index >= 15 is 0 Å². The summed E-state index contributed by atoms with van der Waals surface area (Å²) in [7, 11) is 0. The maximum absolute atomic E-state index is 10.5. The fourth-order valence-electron chi connectivity index (χ4n) is 1.43. The molecular formula is C13H11N5O2S. The number of aromatic nitrogens is 1. The summed E-state index contributed by atoms with van der Waals surface area (Å²) < 4.78 is 0. The molecule has 0 aliphatic carbocycles. The molecule has 106 valence electrons. The number of hydrogen-bond acceptors (Lipinski definition) is 5. The second-order valence-electron chi connectivity index (χ2n) is 3.88. The van der Waals surface area contributed by atoms with E-state index in [-0.39, 0.29) is 10.8 Å². The molecule has 1 aromatic carbocycles. The van der Waals surface area contributed by atoms with E-state index in [9.17, 15) is 10.1 Å². The molecule has 0 saturated heterocycles. The van der Waals surface area contributed by atoms with Gasteiger partial charge in [-0.25, -0.2) is 0 Å². The van der Waals surface area contributed by atoms with Crippen LogP contribution >= 0.6 is 12.2 Å². The number of anilines is 1. The average Bonchev–Trinajstić information content (AvgIpc) is 2.49. The second kappa shape index (κ2) is 7.06. The highest BCUT2D eigenvalue weighted by molar-refractivity contribution is 7.80. The molecular weight excluding hydrogens is 290 g/mol. The van der Waals surface area contributed by atoms with E-state index in [4.69, 9.17) is 12.2 Å². The van der Waals surface area contributed by atoms with Crippen LogP contribution < -0.4 is 10.7 Å². The first-order chi connectivity index (χ1) is 10.1. The van der Waals surface area contributed by atoms with Crippen LogP contribution in [0.25, 0.3) is 0 Å². The number of rotatable bonds is 4. The van der Waals surface area contributed by atoms with Crippen LogP contribution in [0.1, 0.15) is 5.69 Å². The molecule has 0 amide bonds. The summed E-state index contributed by atoms with van der Waals surface area (Å²) in [6.07, 6.45) is 3.19. The lowest BCUT2D eigenvalue weighted by molar-refractivity contribution is -0.384. The second-order valence-corrected chi connectivity index (χ2v) is 4.29. The fraction of sp³-hybridized carbons (Fsp3) is 0. The van der Waals surface area contributed by atoms with Crippen LogP contribution in [-0.2, 0) is 0 Å². The maximum atomic E-state index is 10.5. The lowest BCUT2D eigenvalue weighted by Gasteiger charge is -2.06. The molecule has 0 saturated carbocycles. The third kappa shape index (κ3) is 4.62. The molecule has 0 bridgehead atoms. The van der Waals surface area contributed by atoms with Crippen molar-refractivity contribution in [3.63, 3.8) is 0 Å². The molecule has 0 fully saturated rings. The zero-order chi connectivity index (χ0) is 15.1. The first kappa shape index (κ1) is 14.5. The molecule has 8 heteroatoms. The van der Waals surface area contributed by atoms with E-state index in [1.807, 2.05) is 12.1 Å². The van der Waals surface area contributed by atoms with Gasteiger partial charge in [-0.15, -0.1) is 0 Å². The SMILES string of the molecule is O=[N+]([O-])c1ccc(NC(=S)NN=Cc2ccccn2)cc1. The first-order valence-electron chi connectivity index (χ1n) is 5.91. The Morgan fingerprint density at radius 1 is 1.29 bits per heavy atom. The van der Waals surface area contributed by atoms with E-state index in [0.29, 0.717) is 11.4 Å². The highest BCUT2D eigenvalue weighted by atomic mass is 32.1. The molecule has 7 nitrogen and oxygen atoms in total. The largest absolute Gasteiger partial charge is 0.331 e. The number of thiocarbonyl (C=S) groups is 1. The highest BCUT2D eigenvalue weighted by Gasteiger charge is 2.04. The summed E-state index contributed by atoms with van der Waals surface area (Å²) in [5, 5.41) is 17.6. The first-order valence-corrected chi connectivity index (χ1v) is 6.31. The number of benzene rings is 1. The van der Waals surface area contributed by atoms with Crippen LogP contribution in [0.2, 0.25) is 0 Å². The van der Waals surface area contributed by atoms with Crippen molar-refractivity contribution in [2.24, 2.45) is 5.10 Å². The van der Waals surface area contributed by atoms with E-state index in [1.165, 1.54) is 18.3 Å². The van der Waals surface area contributed by atoms with Gasteiger partial charge in [-0.1, -0.05) is 6.07 Å². The Morgan fingerprint density at radius 2 is 2.05 bits per heavy atom. The number of hydrazone groups is 1. The maximum Gasteiger partial charge on any atom is 0.269 e. The number of nitro benzene ring substituents is 1. The molecule has 1 heterocycles. The van der Waals surface area contributed by atoms with Gasteiger partial charge < -0.3 is 5.32 Å². The van der Waals surface area contributed by atoms with Crippen molar-refractivity contribution >= 4 is 34.9 Å². The van der Waals surface area contributed by atoms with Crippen molar-refractivity contribution in [3.05, 3.63) is 64.5 Å². The number of pyridine rings is 1. The number of nitro groups is 1. The quantitative estimate of drug-likeness (QED) is 0.389. The van der Waals surface area contributed by atoms with Gasteiger partial charge in [0.15, 0.2) is 5.11 Å². The molecule has 2 N–H and O–H groups in total. The molecule has 2 aromatic rings. The Kier molecular flexibility index (Phi) is 4.89. The topological polar surface area (TPSA) is 92.5 Å². The van der Waals surface area contributed by atoms with Crippen LogP contribution in [-0.4, -0.2) is 21.2 Å². The van der Waals surface area contributed by atoms with Gasteiger partial charge >= 0.3 is 0 Å². The predicted octanol–water partition coefficient (Wildman–Crippen LogP) is 2.31. The summed E-state index contributed by atoms with van der Waals surface area (Å²) in [6.45, 7) is 0. The van der Waals surface area contributed by atoms with Gasteiger partial charge in [0.2, 0.25) is 0 Å². The van der Waals surface area contributed by atoms with E-state index in [1.54, 1.807) is 24.4 Å². The minimum absolute atomic E-state index is 0.0209. The summed E-state index contributed by atoms with van der Waals surface area (Å²) >= 11 is 5.05. The molecule has 21 heavy (non-hydrogen) atoms. The van der Waals surface area contributed by atoms with E-state index in [2.05, 4.69) is 20.8 Å². The van der Waals surface area contributed by atoms with Crippen molar-refractivity contribution in [1.82, 2.24) is 10.4 Å². The number of hydrogen-bond donors (Lipinski definition) is 2. The normalized spacial score (nSPS) is 10.3. The van der Waals surface area contributed by atoms with Crippen molar-refractivity contribution in [2.45, 2.75) is 0 Å². The molecule has 0 unspecified atom stereocenters. The standard InChI is InChI=1S/C13H11N5O2S/c19-18(20)12-6-4-10(5-7-12)16-13(21)17-15-9-11-3-1-2-8-14-11/h1-9H,(H2,16,17,21). The van der Waals surface area contributed by atoms with Gasteiger partial charge in [0.1, 0.15) is 0 Å². The van der Waals surface area contributed by atoms with Gasteiger partial charge in [0.05, 0.1) is 16.8 Å². The van der Waals surface area contributed by atoms with Crippen molar-refractivity contribution < 1.29 is 4.92 Å². The van der Waals surface area contributed by atoms with Crippen LogP contribution in [0.4, 0.5) is 11.4 Å². The Bertz CT molecular complexity index is 658.